The van der Waals surface area contributed by atoms with Gasteiger partial charge in [-0.1, -0.05) is 6.42 Å². The van der Waals surface area contributed by atoms with Crippen LogP contribution >= 0.6 is 0 Å². The summed E-state index contributed by atoms with van der Waals surface area (Å²) in [5.41, 5.74) is -1.26. The average molecular weight is 508 g/mol. The van der Waals surface area contributed by atoms with E-state index in [2.05, 4.69) is 5.32 Å². The summed E-state index contributed by atoms with van der Waals surface area (Å²) in [4.78, 5) is 11.8. The largest absolute Gasteiger partial charge is 0.502 e. The van der Waals surface area contributed by atoms with Gasteiger partial charge in [-0.25, -0.2) is 0 Å². The standard InChI is InChI=1S/C25H53NO7Si/c1-23(2,3)31-34(32-24(4,5)6,33-25(7,8)9)18-14-17-29-19-21(27)20-30-22(28)15-12-11-13-16-26-10/h21,26-27H,11-20H2,1-10H3. The predicted octanol–water partition coefficient (Wildman–Crippen LogP) is 4.46. The molecule has 0 aliphatic rings. The smallest absolute Gasteiger partial charge is 0.463 e. The summed E-state index contributed by atoms with van der Waals surface area (Å²) in [6, 6.07) is 0.595. The molecule has 1 unspecified atom stereocenters. The summed E-state index contributed by atoms with van der Waals surface area (Å²) >= 11 is 0. The summed E-state index contributed by atoms with van der Waals surface area (Å²) in [6.07, 6.45) is 2.99. The third kappa shape index (κ3) is 19.7. The Morgan fingerprint density at radius 2 is 1.35 bits per heavy atom. The second kappa shape index (κ2) is 15.5. The van der Waals surface area contributed by atoms with E-state index in [1.165, 1.54) is 0 Å². The highest BCUT2D eigenvalue weighted by atomic mass is 28.4. The fourth-order valence-electron chi connectivity index (χ4n) is 3.28. The molecule has 0 radical (unpaired) electrons. The van der Waals surface area contributed by atoms with Crippen molar-refractivity contribution in [2.24, 2.45) is 0 Å². The van der Waals surface area contributed by atoms with E-state index in [4.69, 9.17) is 22.8 Å². The summed E-state index contributed by atoms with van der Waals surface area (Å²) in [6.45, 7) is 19.4. The molecule has 0 spiro atoms. The molecule has 8 nitrogen and oxygen atoms in total. The van der Waals surface area contributed by atoms with E-state index in [-0.39, 0.29) is 19.2 Å². The molecule has 0 aromatic carbocycles. The maximum atomic E-state index is 11.8. The van der Waals surface area contributed by atoms with Gasteiger partial charge in [-0.15, -0.1) is 0 Å². The van der Waals surface area contributed by atoms with E-state index >= 15 is 0 Å². The minimum atomic E-state index is -3.05. The van der Waals surface area contributed by atoms with Gasteiger partial charge in [0.15, 0.2) is 0 Å². The normalized spacial score (nSPS) is 14.3. The van der Waals surface area contributed by atoms with Crippen LogP contribution in [0, 0.1) is 0 Å². The Bertz CT molecular complexity index is 512. The zero-order valence-corrected chi connectivity index (χ0v) is 24.5. The van der Waals surface area contributed by atoms with Crippen LogP contribution in [0.4, 0.5) is 0 Å². The molecule has 0 saturated heterocycles. The molecule has 0 aliphatic carbocycles. The van der Waals surface area contributed by atoms with Crippen LogP contribution in [0.1, 0.15) is 94.4 Å². The van der Waals surface area contributed by atoms with Gasteiger partial charge in [0.05, 0.1) is 23.4 Å². The Balaban J connectivity index is 4.57. The molecule has 0 aromatic heterocycles. The molecule has 1 atom stereocenters. The molecule has 9 heteroatoms. The van der Waals surface area contributed by atoms with Crippen molar-refractivity contribution in [3.8, 4) is 0 Å². The minimum Gasteiger partial charge on any atom is -0.463 e. The molecule has 0 rings (SSSR count). The average Bonchev–Trinajstić information content (AvgIpc) is 2.61. The van der Waals surface area contributed by atoms with Crippen molar-refractivity contribution in [2.75, 3.05) is 33.4 Å². The Hall–Kier alpha value is -0.553. The SMILES string of the molecule is CNCCCCCC(=O)OCC(O)COCCC[Si](OC(C)(C)C)(OC(C)(C)C)OC(C)(C)C. The number of carbonyl (C=O) groups is 1. The molecule has 204 valence electrons. The first-order valence-electron chi connectivity index (χ1n) is 12.6. The number of aliphatic hydroxyl groups is 1. The molecule has 34 heavy (non-hydrogen) atoms. The number of carbonyl (C=O) groups excluding carboxylic acids is 1. The predicted molar refractivity (Wildman–Crippen MR) is 138 cm³/mol. The molecule has 0 bridgehead atoms. The third-order valence-electron chi connectivity index (χ3n) is 4.21. The van der Waals surface area contributed by atoms with Gasteiger partial charge in [0.2, 0.25) is 0 Å². The van der Waals surface area contributed by atoms with Gasteiger partial charge in [0, 0.05) is 19.1 Å². The molecule has 0 aromatic rings. The van der Waals surface area contributed by atoms with Gasteiger partial charge in [-0.2, -0.15) is 0 Å². The lowest BCUT2D eigenvalue weighted by atomic mass is 10.2. The van der Waals surface area contributed by atoms with Crippen LogP contribution in [0.5, 0.6) is 0 Å². The van der Waals surface area contributed by atoms with Crippen molar-refractivity contribution in [2.45, 2.75) is 123 Å². The highest BCUT2D eigenvalue weighted by molar-refractivity contribution is 6.61. The summed E-state index contributed by atoms with van der Waals surface area (Å²) in [7, 11) is -1.13. The number of ether oxygens (including phenoxy) is 2. The molecule has 0 amide bonds. The summed E-state index contributed by atoms with van der Waals surface area (Å²) in [5.74, 6) is -0.280. The first kappa shape index (κ1) is 33.4. The number of hydrogen-bond acceptors (Lipinski definition) is 8. The maximum Gasteiger partial charge on any atom is 0.502 e. The lowest BCUT2D eigenvalue weighted by Gasteiger charge is -2.43. The van der Waals surface area contributed by atoms with Gasteiger partial charge in [-0.05, 0) is 95.2 Å². The third-order valence-corrected chi connectivity index (χ3v) is 7.95. The van der Waals surface area contributed by atoms with Crippen LogP contribution in [-0.2, 0) is 27.5 Å². The number of unbranched alkanes of at least 4 members (excludes halogenated alkanes) is 2. The maximum absolute atomic E-state index is 11.8. The Labute approximate surface area is 209 Å². The molecule has 0 fully saturated rings. The fraction of sp³-hybridized carbons (Fsp3) is 0.960. The van der Waals surface area contributed by atoms with Gasteiger partial charge in [0.1, 0.15) is 12.7 Å². The van der Waals surface area contributed by atoms with Crippen molar-refractivity contribution in [3.63, 3.8) is 0 Å². The summed E-state index contributed by atoms with van der Waals surface area (Å²) < 4.78 is 30.2. The number of esters is 1. The number of hydrogen-bond donors (Lipinski definition) is 2. The fourth-order valence-corrected chi connectivity index (χ4v) is 7.09. The lowest BCUT2D eigenvalue weighted by Crippen LogP contribution is -2.57. The molecule has 0 saturated carbocycles. The van der Waals surface area contributed by atoms with E-state index in [0.29, 0.717) is 25.5 Å². The van der Waals surface area contributed by atoms with E-state index in [1.54, 1.807) is 0 Å². The zero-order chi connectivity index (χ0) is 26.5. The van der Waals surface area contributed by atoms with Crippen molar-refractivity contribution in [1.82, 2.24) is 5.32 Å². The summed E-state index contributed by atoms with van der Waals surface area (Å²) in [5, 5.41) is 13.2. The van der Waals surface area contributed by atoms with Crippen molar-refractivity contribution in [3.05, 3.63) is 0 Å². The van der Waals surface area contributed by atoms with Gasteiger partial charge in [0.25, 0.3) is 0 Å². The second-order valence-electron chi connectivity index (χ2n) is 11.8. The molecule has 2 N–H and O–H groups in total. The van der Waals surface area contributed by atoms with E-state index in [0.717, 1.165) is 25.8 Å². The first-order valence-corrected chi connectivity index (χ1v) is 14.6. The van der Waals surface area contributed by atoms with E-state index in [1.807, 2.05) is 69.4 Å². The number of aliphatic hydroxyl groups excluding tert-OH is 1. The van der Waals surface area contributed by atoms with Gasteiger partial charge >= 0.3 is 14.8 Å². The van der Waals surface area contributed by atoms with Gasteiger partial charge < -0.3 is 33.2 Å². The Morgan fingerprint density at radius 3 is 1.82 bits per heavy atom. The van der Waals surface area contributed by atoms with Crippen LogP contribution in [0.25, 0.3) is 0 Å². The number of nitrogens with one attached hydrogen (secondary N) is 1. The quantitative estimate of drug-likeness (QED) is 0.169. The Kier molecular flexibility index (Phi) is 15.3. The zero-order valence-electron chi connectivity index (χ0n) is 23.5. The minimum absolute atomic E-state index is 0.0541. The highest BCUT2D eigenvalue weighted by Crippen LogP contribution is 2.32. The van der Waals surface area contributed by atoms with Crippen molar-refractivity contribution >= 4 is 14.8 Å². The highest BCUT2D eigenvalue weighted by Gasteiger charge is 2.49. The van der Waals surface area contributed by atoms with Crippen LogP contribution in [-0.4, -0.2) is 76.2 Å². The Morgan fingerprint density at radius 1 is 0.824 bits per heavy atom. The molecular weight excluding hydrogens is 454 g/mol. The topological polar surface area (TPSA) is 95.5 Å². The van der Waals surface area contributed by atoms with E-state index < -0.39 is 31.7 Å². The monoisotopic (exact) mass is 507 g/mol. The van der Waals surface area contributed by atoms with Crippen LogP contribution < -0.4 is 5.32 Å². The van der Waals surface area contributed by atoms with E-state index in [9.17, 15) is 9.90 Å². The van der Waals surface area contributed by atoms with Crippen LogP contribution in [0.15, 0.2) is 0 Å². The van der Waals surface area contributed by atoms with Gasteiger partial charge in [-0.3, -0.25) is 4.79 Å². The second-order valence-corrected chi connectivity index (χ2v) is 14.2. The lowest BCUT2D eigenvalue weighted by molar-refractivity contribution is -0.148. The first-order chi connectivity index (χ1) is 15.5. The van der Waals surface area contributed by atoms with Crippen LogP contribution in [0.2, 0.25) is 6.04 Å². The van der Waals surface area contributed by atoms with Crippen molar-refractivity contribution < 1.29 is 32.7 Å². The molecule has 0 heterocycles. The van der Waals surface area contributed by atoms with Crippen molar-refractivity contribution in [1.29, 1.82) is 0 Å². The molecule has 0 aliphatic heterocycles. The van der Waals surface area contributed by atoms with Crippen LogP contribution in [0.3, 0.4) is 0 Å². The molecular formula is C25H53NO7Si. The number of rotatable bonds is 17.